The van der Waals surface area contributed by atoms with Crippen molar-refractivity contribution in [2.24, 2.45) is 0 Å². The standard InChI is InChI=1S/C19H24N4O2/c1-4-18(24)21-17-9-6-15(7-10-17)8-11-19(25)22(3)13-16-12-20-23(5-2)14-16/h4,6-7,9-10,12,14H,1,5,8,11,13H2,2-3H3,(H,21,24). The molecule has 0 aliphatic heterocycles. The number of hydrogen-bond donors (Lipinski definition) is 1. The molecule has 0 aliphatic carbocycles. The molecule has 25 heavy (non-hydrogen) atoms. The molecule has 1 aromatic heterocycles. The number of aromatic nitrogens is 2. The maximum atomic E-state index is 12.3. The second-order valence-corrected chi connectivity index (χ2v) is 5.84. The van der Waals surface area contributed by atoms with Gasteiger partial charge in [0.25, 0.3) is 0 Å². The van der Waals surface area contributed by atoms with E-state index in [4.69, 9.17) is 0 Å². The van der Waals surface area contributed by atoms with Gasteiger partial charge in [-0.2, -0.15) is 5.10 Å². The van der Waals surface area contributed by atoms with Gasteiger partial charge in [-0.25, -0.2) is 0 Å². The monoisotopic (exact) mass is 340 g/mol. The van der Waals surface area contributed by atoms with Crippen LogP contribution in [-0.2, 0) is 29.1 Å². The van der Waals surface area contributed by atoms with Crippen LogP contribution < -0.4 is 5.32 Å². The number of carbonyl (C=O) groups excluding carboxylic acids is 2. The van der Waals surface area contributed by atoms with Crippen LogP contribution in [0, 0.1) is 0 Å². The van der Waals surface area contributed by atoms with Gasteiger partial charge in [0.2, 0.25) is 11.8 Å². The first kappa shape index (κ1) is 18.4. The summed E-state index contributed by atoms with van der Waals surface area (Å²) >= 11 is 0. The molecule has 0 saturated carbocycles. The Morgan fingerprint density at radius 2 is 2.00 bits per heavy atom. The molecule has 132 valence electrons. The van der Waals surface area contributed by atoms with Crippen LogP contribution >= 0.6 is 0 Å². The molecule has 0 spiro atoms. The summed E-state index contributed by atoms with van der Waals surface area (Å²) in [5.74, 6) is -0.149. The van der Waals surface area contributed by atoms with E-state index in [0.717, 1.165) is 17.7 Å². The Hall–Kier alpha value is -2.89. The number of nitrogens with one attached hydrogen (secondary N) is 1. The third-order valence-corrected chi connectivity index (χ3v) is 3.89. The van der Waals surface area contributed by atoms with Crippen LogP contribution in [0.25, 0.3) is 0 Å². The average molecular weight is 340 g/mol. The van der Waals surface area contributed by atoms with E-state index in [1.54, 1.807) is 18.1 Å². The van der Waals surface area contributed by atoms with E-state index in [2.05, 4.69) is 17.0 Å². The smallest absolute Gasteiger partial charge is 0.247 e. The van der Waals surface area contributed by atoms with Crippen molar-refractivity contribution in [2.75, 3.05) is 12.4 Å². The highest BCUT2D eigenvalue weighted by atomic mass is 16.2. The zero-order chi connectivity index (χ0) is 18.2. The number of carbonyl (C=O) groups is 2. The number of amides is 2. The Kier molecular flexibility index (Phi) is 6.51. The van der Waals surface area contributed by atoms with Crippen LogP contribution in [0.5, 0.6) is 0 Å². The molecule has 1 N–H and O–H groups in total. The Bertz CT molecular complexity index is 734. The molecule has 0 bridgehead atoms. The number of rotatable bonds is 8. The second-order valence-electron chi connectivity index (χ2n) is 5.84. The minimum absolute atomic E-state index is 0.0910. The van der Waals surface area contributed by atoms with Gasteiger partial charge in [-0.1, -0.05) is 18.7 Å². The fraction of sp³-hybridized carbons (Fsp3) is 0.316. The van der Waals surface area contributed by atoms with Crippen LogP contribution in [0.4, 0.5) is 5.69 Å². The van der Waals surface area contributed by atoms with Crippen LogP contribution in [0.15, 0.2) is 49.3 Å². The number of nitrogens with zero attached hydrogens (tertiary/aromatic N) is 3. The zero-order valence-electron chi connectivity index (χ0n) is 14.7. The van der Waals surface area contributed by atoms with Gasteiger partial charge in [0, 0.05) is 44.0 Å². The number of benzene rings is 1. The van der Waals surface area contributed by atoms with Crippen molar-refractivity contribution in [3.8, 4) is 0 Å². The lowest BCUT2D eigenvalue weighted by atomic mass is 10.1. The molecule has 0 atom stereocenters. The van der Waals surface area contributed by atoms with E-state index in [1.807, 2.05) is 42.1 Å². The van der Waals surface area contributed by atoms with Crippen molar-refractivity contribution in [3.63, 3.8) is 0 Å². The molecule has 0 unspecified atom stereocenters. The summed E-state index contributed by atoms with van der Waals surface area (Å²) in [4.78, 5) is 25.2. The minimum Gasteiger partial charge on any atom is -0.341 e. The molecule has 2 aromatic rings. The molecule has 1 heterocycles. The van der Waals surface area contributed by atoms with Gasteiger partial charge < -0.3 is 10.2 Å². The van der Waals surface area contributed by atoms with Gasteiger partial charge in [0.05, 0.1) is 6.20 Å². The van der Waals surface area contributed by atoms with E-state index in [-0.39, 0.29) is 11.8 Å². The maximum Gasteiger partial charge on any atom is 0.247 e. The Balaban J connectivity index is 1.82. The number of anilines is 1. The predicted molar refractivity (Wildman–Crippen MR) is 98.0 cm³/mol. The largest absolute Gasteiger partial charge is 0.341 e. The third-order valence-electron chi connectivity index (χ3n) is 3.89. The van der Waals surface area contributed by atoms with Gasteiger partial charge in [-0.05, 0) is 37.1 Å². The van der Waals surface area contributed by atoms with E-state index in [9.17, 15) is 9.59 Å². The summed E-state index contributed by atoms with van der Waals surface area (Å²) in [6, 6.07) is 7.47. The normalized spacial score (nSPS) is 10.3. The van der Waals surface area contributed by atoms with Crippen LogP contribution in [-0.4, -0.2) is 33.5 Å². The zero-order valence-corrected chi connectivity index (χ0v) is 14.7. The highest BCUT2D eigenvalue weighted by molar-refractivity contribution is 5.98. The topological polar surface area (TPSA) is 67.2 Å². The molecule has 0 saturated heterocycles. The highest BCUT2D eigenvalue weighted by Gasteiger charge is 2.10. The van der Waals surface area contributed by atoms with Gasteiger partial charge in [-0.3, -0.25) is 14.3 Å². The summed E-state index contributed by atoms with van der Waals surface area (Å²) in [5.41, 5.74) is 2.79. The van der Waals surface area contributed by atoms with Gasteiger partial charge in [0.15, 0.2) is 0 Å². The van der Waals surface area contributed by atoms with Crippen molar-refractivity contribution < 1.29 is 9.59 Å². The maximum absolute atomic E-state index is 12.3. The fourth-order valence-corrected chi connectivity index (χ4v) is 2.41. The summed E-state index contributed by atoms with van der Waals surface area (Å²) in [6.07, 6.45) is 6.08. The fourth-order valence-electron chi connectivity index (χ4n) is 2.41. The van der Waals surface area contributed by atoms with Crippen LogP contribution in [0.1, 0.15) is 24.5 Å². The Morgan fingerprint density at radius 3 is 2.60 bits per heavy atom. The SMILES string of the molecule is C=CC(=O)Nc1ccc(CCC(=O)N(C)Cc2cnn(CC)c2)cc1. The number of aryl methyl sites for hydroxylation is 2. The molecule has 0 radical (unpaired) electrons. The van der Waals surface area contributed by atoms with Crippen molar-refractivity contribution >= 4 is 17.5 Å². The van der Waals surface area contributed by atoms with E-state index < -0.39 is 0 Å². The molecule has 0 fully saturated rings. The lowest BCUT2D eigenvalue weighted by molar-refractivity contribution is -0.130. The Morgan fingerprint density at radius 1 is 1.28 bits per heavy atom. The minimum atomic E-state index is -0.240. The summed E-state index contributed by atoms with van der Waals surface area (Å²) in [6.45, 7) is 6.83. The quantitative estimate of drug-likeness (QED) is 0.751. The molecular weight excluding hydrogens is 316 g/mol. The van der Waals surface area contributed by atoms with Crippen molar-refractivity contribution in [2.45, 2.75) is 32.9 Å². The van der Waals surface area contributed by atoms with E-state index >= 15 is 0 Å². The Labute approximate surface area is 148 Å². The van der Waals surface area contributed by atoms with Crippen molar-refractivity contribution in [1.82, 2.24) is 14.7 Å². The van der Waals surface area contributed by atoms with E-state index in [0.29, 0.717) is 25.1 Å². The molecule has 6 nitrogen and oxygen atoms in total. The van der Waals surface area contributed by atoms with Crippen molar-refractivity contribution in [3.05, 3.63) is 60.4 Å². The second kappa shape index (κ2) is 8.82. The van der Waals surface area contributed by atoms with Crippen LogP contribution in [0.3, 0.4) is 0 Å². The first-order valence-electron chi connectivity index (χ1n) is 8.29. The number of hydrogen-bond acceptors (Lipinski definition) is 3. The molecule has 2 amide bonds. The van der Waals surface area contributed by atoms with Gasteiger partial charge >= 0.3 is 0 Å². The average Bonchev–Trinajstić information content (AvgIpc) is 3.08. The highest BCUT2D eigenvalue weighted by Crippen LogP contribution is 2.12. The molecule has 0 aliphatic rings. The molecule has 2 rings (SSSR count). The van der Waals surface area contributed by atoms with Crippen molar-refractivity contribution in [1.29, 1.82) is 0 Å². The predicted octanol–water partition coefficient (Wildman–Crippen LogP) is 2.62. The lowest BCUT2D eigenvalue weighted by Gasteiger charge is -2.16. The molecular formula is C19H24N4O2. The summed E-state index contributed by atoms with van der Waals surface area (Å²) in [7, 11) is 1.81. The summed E-state index contributed by atoms with van der Waals surface area (Å²) < 4.78 is 1.85. The van der Waals surface area contributed by atoms with Crippen LogP contribution in [0.2, 0.25) is 0 Å². The van der Waals surface area contributed by atoms with E-state index in [1.165, 1.54) is 6.08 Å². The molecule has 1 aromatic carbocycles. The third kappa shape index (κ3) is 5.60. The van der Waals surface area contributed by atoms with Gasteiger partial charge in [-0.15, -0.1) is 0 Å². The lowest BCUT2D eigenvalue weighted by Crippen LogP contribution is -2.26. The summed E-state index contributed by atoms with van der Waals surface area (Å²) in [5, 5.41) is 6.91. The first-order chi connectivity index (χ1) is 12.0. The van der Waals surface area contributed by atoms with Gasteiger partial charge in [0.1, 0.15) is 0 Å². The molecule has 6 heteroatoms. The first-order valence-corrected chi connectivity index (χ1v) is 8.29.